The molecule has 0 aromatic rings. The van der Waals surface area contributed by atoms with Crippen LogP contribution in [0.5, 0.6) is 0 Å². The van der Waals surface area contributed by atoms with Gasteiger partial charge in [-0.3, -0.25) is 4.79 Å². The molecule has 0 aromatic carbocycles. The van der Waals surface area contributed by atoms with Gasteiger partial charge in [0.05, 0.1) is 0 Å². The molecule has 1 heterocycles. The topological polar surface area (TPSA) is 23.6 Å². The highest BCUT2D eigenvalue weighted by Crippen LogP contribution is 2.18. The fourth-order valence-corrected chi connectivity index (χ4v) is 2.49. The normalized spacial score (nSPS) is 19.0. The van der Waals surface area contributed by atoms with Crippen LogP contribution in [-0.4, -0.2) is 47.9 Å². The molecule has 0 aliphatic carbocycles. The molecule has 0 aromatic heterocycles. The highest BCUT2D eigenvalue weighted by molar-refractivity contribution is 5.76. The summed E-state index contributed by atoms with van der Waals surface area (Å²) in [5, 5.41) is 0. The molecule has 0 spiro atoms. The van der Waals surface area contributed by atoms with E-state index in [2.05, 4.69) is 32.6 Å². The molecule has 3 nitrogen and oxygen atoms in total. The number of nitrogens with zero attached hydrogens (tertiary/aromatic N) is 2. The molecule has 1 aliphatic heterocycles. The molecular formula is C14H28N2O. The van der Waals surface area contributed by atoms with Crippen molar-refractivity contribution in [1.82, 2.24) is 9.80 Å². The average molecular weight is 240 g/mol. The van der Waals surface area contributed by atoms with Gasteiger partial charge in [0.25, 0.3) is 0 Å². The van der Waals surface area contributed by atoms with E-state index in [1.165, 1.54) is 0 Å². The summed E-state index contributed by atoms with van der Waals surface area (Å²) in [6.07, 6.45) is 2.93. The second-order valence-electron chi connectivity index (χ2n) is 5.96. The van der Waals surface area contributed by atoms with E-state index in [-0.39, 0.29) is 0 Å². The lowest BCUT2D eigenvalue weighted by Crippen LogP contribution is -2.47. The van der Waals surface area contributed by atoms with Gasteiger partial charge in [-0.2, -0.15) is 0 Å². The number of hydrogen-bond acceptors (Lipinski definition) is 2. The Labute approximate surface area is 106 Å². The maximum absolute atomic E-state index is 12.0. The van der Waals surface area contributed by atoms with Gasteiger partial charge in [-0.05, 0) is 32.6 Å². The fourth-order valence-electron chi connectivity index (χ4n) is 2.49. The summed E-state index contributed by atoms with van der Waals surface area (Å²) in [6.45, 7) is 10.9. The first kappa shape index (κ1) is 14.5. The Morgan fingerprint density at radius 2 is 1.76 bits per heavy atom. The van der Waals surface area contributed by atoms with Crippen molar-refractivity contribution in [2.24, 2.45) is 5.92 Å². The Morgan fingerprint density at radius 3 is 2.18 bits per heavy atom. The lowest BCUT2D eigenvalue weighted by atomic mass is 10.0. The molecular weight excluding hydrogens is 212 g/mol. The largest absolute Gasteiger partial charge is 0.343 e. The summed E-state index contributed by atoms with van der Waals surface area (Å²) in [5.41, 5.74) is 0. The first-order valence-corrected chi connectivity index (χ1v) is 6.91. The van der Waals surface area contributed by atoms with E-state index < -0.39 is 0 Å². The maximum atomic E-state index is 12.0. The van der Waals surface area contributed by atoms with E-state index in [1.807, 2.05) is 11.9 Å². The van der Waals surface area contributed by atoms with Gasteiger partial charge in [-0.1, -0.05) is 13.8 Å². The second kappa shape index (κ2) is 6.39. The Kier molecular flexibility index (Phi) is 5.44. The quantitative estimate of drug-likeness (QED) is 0.753. The number of piperidine rings is 1. The van der Waals surface area contributed by atoms with E-state index in [0.717, 1.165) is 25.9 Å². The van der Waals surface area contributed by atoms with Gasteiger partial charge in [0.15, 0.2) is 0 Å². The Balaban J connectivity index is 2.40. The van der Waals surface area contributed by atoms with Crippen LogP contribution in [-0.2, 0) is 4.79 Å². The SMILES string of the molecule is CC(C)CC(=O)N(C)C1CCN(C(C)C)CC1. The summed E-state index contributed by atoms with van der Waals surface area (Å²) in [4.78, 5) is 16.5. The maximum Gasteiger partial charge on any atom is 0.222 e. The van der Waals surface area contributed by atoms with Gasteiger partial charge in [-0.25, -0.2) is 0 Å². The van der Waals surface area contributed by atoms with Crippen LogP contribution in [0.3, 0.4) is 0 Å². The van der Waals surface area contributed by atoms with E-state index in [4.69, 9.17) is 0 Å². The minimum atomic E-state index is 0.308. The molecule has 1 saturated heterocycles. The Bertz CT molecular complexity index is 243. The molecule has 0 radical (unpaired) electrons. The van der Waals surface area contributed by atoms with Crippen molar-refractivity contribution in [1.29, 1.82) is 0 Å². The molecule has 0 N–H and O–H groups in total. The van der Waals surface area contributed by atoms with Gasteiger partial charge in [0.1, 0.15) is 0 Å². The van der Waals surface area contributed by atoms with Crippen LogP contribution in [0, 0.1) is 5.92 Å². The van der Waals surface area contributed by atoms with Crippen molar-refractivity contribution in [2.45, 2.75) is 59.0 Å². The summed E-state index contributed by atoms with van der Waals surface area (Å²) < 4.78 is 0. The van der Waals surface area contributed by atoms with Crippen molar-refractivity contribution in [3.8, 4) is 0 Å². The third kappa shape index (κ3) is 4.30. The molecule has 1 amide bonds. The average Bonchev–Trinajstić information content (AvgIpc) is 2.27. The van der Waals surface area contributed by atoms with Gasteiger partial charge < -0.3 is 9.80 Å². The van der Waals surface area contributed by atoms with Crippen molar-refractivity contribution >= 4 is 5.91 Å². The predicted molar refractivity (Wildman–Crippen MR) is 72.0 cm³/mol. The van der Waals surface area contributed by atoms with E-state index >= 15 is 0 Å². The van der Waals surface area contributed by atoms with Crippen molar-refractivity contribution < 1.29 is 4.79 Å². The second-order valence-corrected chi connectivity index (χ2v) is 5.96. The number of rotatable bonds is 4. The lowest BCUT2D eigenvalue weighted by molar-refractivity contribution is -0.133. The Morgan fingerprint density at radius 1 is 1.24 bits per heavy atom. The molecule has 0 bridgehead atoms. The molecule has 1 rings (SSSR count). The minimum absolute atomic E-state index is 0.308. The zero-order valence-electron chi connectivity index (χ0n) is 12.1. The van der Waals surface area contributed by atoms with E-state index in [9.17, 15) is 4.79 Å². The molecule has 1 aliphatic rings. The van der Waals surface area contributed by atoms with Crippen molar-refractivity contribution in [3.05, 3.63) is 0 Å². The van der Waals surface area contributed by atoms with Crippen LogP contribution in [0.15, 0.2) is 0 Å². The lowest BCUT2D eigenvalue weighted by Gasteiger charge is -2.38. The number of hydrogen-bond donors (Lipinski definition) is 0. The highest BCUT2D eigenvalue weighted by atomic mass is 16.2. The number of carbonyl (C=O) groups excluding carboxylic acids is 1. The molecule has 0 unspecified atom stereocenters. The standard InChI is InChI=1S/C14H28N2O/c1-11(2)10-14(17)15(5)13-6-8-16(9-7-13)12(3)4/h11-13H,6-10H2,1-5H3. The van der Waals surface area contributed by atoms with Crippen LogP contribution in [0.4, 0.5) is 0 Å². The minimum Gasteiger partial charge on any atom is -0.343 e. The van der Waals surface area contributed by atoms with Crippen LogP contribution in [0.1, 0.15) is 47.0 Å². The number of amides is 1. The molecule has 1 fully saturated rings. The van der Waals surface area contributed by atoms with E-state index in [1.54, 1.807) is 0 Å². The number of carbonyl (C=O) groups is 1. The van der Waals surface area contributed by atoms with Gasteiger partial charge in [-0.15, -0.1) is 0 Å². The third-order valence-electron chi connectivity index (χ3n) is 3.75. The predicted octanol–water partition coefficient (Wildman–Crippen LogP) is 2.36. The van der Waals surface area contributed by atoms with Gasteiger partial charge in [0.2, 0.25) is 5.91 Å². The van der Waals surface area contributed by atoms with Crippen LogP contribution in [0.25, 0.3) is 0 Å². The third-order valence-corrected chi connectivity index (χ3v) is 3.75. The molecule has 100 valence electrons. The summed E-state index contributed by atoms with van der Waals surface area (Å²) in [6, 6.07) is 1.09. The van der Waals surface area contributed by atoms with Crippen LogP contribution < -0.4 is 0 Å². The van der Waals surface area contributed by atoms with Gasteiger partial charge >= 0.3 is 0 Å². The fraction of sp³-hybridized carbons (Fsp3) is 0.929. The first-order chi connectivity index (χ1) is 7.91. The molecule has 17 heavy (non-hydrogen) atoms. The van der Waals surface area contributed by atoms with Crippen molar-refractivity contribution in [3.63, 3.8) is 0 Å². The summed E-state index contributed by atoms with van der Waals surface area (Å²) in [5.74, 6) is 0.767. The monoisotopic (exact) mass is 240 g/mol. The summed E-state index contributed by atoms with van der Waals surface area (Å²) >= 11 is 0. The summed E-state index contributed by atoms with van der Waals surface area (Å²) in [7, 11) is 1.97. The Hall–Kier alpha value is -0.570. The molecule has 0 atom stereocenters. The zero-order valence-corrected chi connectivity index (χ0v) is 12.1. The zero-order chi connectivity index (χ0) is 13.0. The van der Waals surface area contributed by atoms with Gasteiger partial charge in [0, 0.05) is 38.6 Å². The van der Waals surface area contributed by atoms with Crippen LogP contribution in [0.2, 0.25) is 0 Å². The van der Waals surface area contributed by atoms with Crippen LogP contribution >= 0.6 is 0 Å². The smallest absolute Gasteiger partial charge is 0.222 e. The molecule has 3 heteroatoms. The first-order valence-electron chi connectivity index (χ1n) is 6.91. The number of likely N-dealkylation sites (tertiary alicyclic amines) is 1. The van der Waals surface area contributed by atoms with Crippen molar-refractivity contribution in [2.75, 3.05) is 20.1 Å². The van der Waals surface area contributed by atoms with E-state index in [0.29, 0.717) is 30.3 Å². The molecule has 0 saturated carbocycles. The highest BCUT2D eigenvalue weighted by Gasteiger charge is 2.26.